The number of carbonyl (C=O) groups is 2. The molecule has 1 aromatic rings. The van der Waals surface area contributed by atoms with Crippen LogP contribution in [-0.2, 0) is 30.6 Å². The van der Waals surface area contributed by atoms with Crippen molar-refractivity contribution in [3.8, 4) is 0 Å². The molecule has 0 saturated carbocycles. The highest BCUT2D eigenvalue weighted by atomic mass is 32.2. The molecule has 1 amide bonds. The van der Waals surface area contributed by atoms with Crippen LogP contribution in [-0.4, -0.2) is 54.7 Å². The summed E-state index contributed by atoms with van der Waals surface area (Å²) in [7, 11) is -3.01. The van der Waals surface area contributed by atoms with Crippen molar-refractivity contribution in [3.63, 3.8) is 0 Å². The Morgan fingerprint density at radius 2 is 2.29 bits per heavy atom. The Morgan fingerprint density at radius 1 is 1.54 bits per heavy atom. The normalized spacial score (nSPS) is 20.5. The Kier molecular flexibility index (Phi) is 6.64. The number of thiazole rings is 1. The van der Waals surface area contributed by atoms with Crippen LogP contribution >= 0.6 is 23.1 Å². The monoisotopic (exact) mass is 392 g/mol. The van der Waals surface area contributed by atoms with Crippen molar-refractivity contribution in [1.29, 1.82) is 0 Å². The van der Waals surface area contributed by atoms with Gasteiger partial charge in [0.15, 0.2) is 14.2 Å². The SMILES string of the molecule is CCOC(=O)Cc1csc(S[C@@H](C)C(=O)N[C@@H]2CCS(=O)(=O)C2)n1. The number of nitrogens with one attached hydrogen (secondary N) is 1. The number of esters is 1. The maximum Gasteiger partial charge on any atom is 0.311 e. The van der Waals surface area contributed by atoms with E-state index in [1.165, 1.54) is 23.1 Å². The number of hydrogen-bond donors (Lipinski definition) is 1. The first-order valence-electron chi connectivity index (χ1n) is 7.56. The number of carbonyl (C=O) groups excluding carboxylic acids is 2. The van der Waals surface area contributed by atoms with E-state index in [0.717, 1.165) is 0 Å². The van der Waals surface area contributed by atoms with Crippen LogP contribution < -0.4 is 5.32 Å². The van der Waals surface area contributed by atoms with Gasteiger partial charge >= 0.3 is 5.97 Å². The zero-order valence-corrected chi connectivity index (χ0v) is 15.9. The van der Waals surface area contributed by atoms with Crippen molar-refractivity contribution in [2.75, 3.05) is 18.1 Å². The summed E-state index contributed by atoms with van der Waals surface area (Å²) in [4.78, 5) is 27.9. The number of ether oxygens (including phenoxy) is 1. The van der Waals surface area contributed by atoms with Crippen molar-refractivity contribution >= 4 is 44.8 Å². The van der Waals surface area contributed by atoms with E-state index < -0.39 is 15.1 Å². The summed E-state index contributed by atoms with van der Waals surface area (Å²) in [5, 5.41) is 4.15. The molecule has 24 heavy (non-hydrogen) atoms. The average Bonchev–Trinajstić information content (AvgIpc) is 3.05. The Hall–Kier alpha value is -1.13. The van der Waals surface area contributed by atoms with Gasteiger partial charge in [-0.3, -0.25) is 9.59 Å². The predicted octanol–water partition coefficient (Wildman–Crippen LogP) is 1.03. The van der Waals surface area contributed by atoms with Crippen LogP contribution in [0.2, 0.25) is 0 Å². The number of nitrogens with zero attached hydrogens (tertiary/aromatic N) is 1. The molecule has 1 saturated heterocycles. The van der Waals surface area contributed by atoms with Crippen LogP contribution in [0.3, 0.4) is 0 Å². The highest BCUT2D eigenvalue weighted by molar-refractivity contribution is 8.02. The molecule has 7 nitrogen and oxygen atoms in total. The van der Waals surface area contributed by atoms with E-state index >= 15 is 0 Å². The van der Waals surface area contributed by atoms with Crippen molar-refractivity contribution in [3.05, 3.63) is 11.1 Å². The van der Waals surface area contributed by atoms with E-state index in [-0.39, 0.29) is 35.8 Å². The van der Waals surface area contributed by atoms with E-state index in [9.17, 15) is 18.0 Å². The number of sulfone groups is 1. The fraction of sp³-hybridized carbons (Fsp3) is 0.643. The minimum atomic E-state index is -3.01. The number of thioether (sulfide) groups is 1. The van der Waals surface area contributed by atoms with Gasteiger partial charge in [-0.25, -0.2) is 13.4 Å². The summed E-state index contributed by atoms with van der Waals surface area (Å²) in [6, 6.07) is -0.304. The van der Waals surface area contributed by atoms with Gasteiger partial charge < -0.3 is 10.1 Å². The van der Waals surface area contributed by atoms with Gasteiger partial charge in [-0.15, -0.1) is 11.3 Å². The largest absolute Gasteiger partial charge is 0.466 e. The third-order valence-corrected chi connectivity index (χ3v) is 7.28. The number of hydrogen-bond acceptors (Lipinski definition) is 8. The first kappa shape index (κ1) is 19.2. The number of rotatable bonds is 7. The lowest BCUT2D eigenvalue weighted by Crippen LogP contribution is -2.39. The van der Waals surface area contributed by atoms with Gasteiger partial charge in [0.05, 0.1) is 35.5 Å². The molecule has 2 heterocycles. The molecule has 10 heteroatoms. The molecule has 1 fully saturated rings. The summed E-state index contributed by atoms with van der Waals surface area (Å²) < 4.78 is 28.4. The number of aromatic nitrogens is 1. The molecule has 0 aliphatic carbocycles. The lowest BCUT2D eigenvalue weighted by molar-refractivity contribution is -0.142. The molecule has 1 N–H and O–H groups in total. The van der Waals surface area contributed by atoms with Crippen LogP contribution in [0, 0.1) is 0 Å². The lowest BCUT2D eigenvalue weighted by atomic mass is 10.2. The van der Waals surface area contributed by atoms with Gasteiger partial charge in [0.1, 0.15) is 0 Å². The zero-order chi connectivity index (χ0) is 17.7. The first-order valence-corrected chi connectivity index (χ1v) is 11.1. The Balaban J connectivity index is 1.83. The third-order valence-electron chi connectivity index (χ3n) is 3.39. The van der Waals surface area contributed by atoms with E-state index in [1.54, 1.807) is 19.2 Å². The predicted molar refractivity (Wildman–Crippen MR) is 93.0 cm³/mol. The Labute approximate surface area is 149 Å². The smallest absolute Gasteiger partial charge is 0.311 e. The Bertz CT molecular complexity index is 701. The van der Waals surface area contributed by atoms with Gasteiger partial charge in [-0.05, 0) is 20.3 Å². The Morgan fingerprint density at radius 3 is 2.92 bits per heavy atom. The molecular formula is C14H20N2O5S3. The summed E-state index contributed by atoms with van der Waals surface area (Å²) >= 11 is 2.66. The molecule has 0 unspecified atom stereocenters. The van der Waals surface area contributed by atoms with Crippen LogP contribution in [0.1, 0.15) is 26.0 Å². The minimum absolute atomic E-state index is 0.0110. The number of amides is 1. The van der Waals surface area contributed by atoms with Gasteiger partial charge in [-0.2, -0.15) is 0 Å². The molecule has 2 atom stereocenters. The molecule has 1 aromatic heterocycles. The van der Waals surface area contributed by atoms with Gasteiger partial charge in [0.25, 0.3) is 0 Å². The molecule has 1 aliphatic heterocycles. The first-order chi connectivity index (χ1) is 11.3. The summed E-state index contributed by atoms with van der Waals surface area (Å²) in [5.41, 5.74) is 0.621. The quantitative estimate of drug-likeness (QED) is 0.546. The highest BCUT2D eigenvalue weighted by Gasteiger charge is 2.30. The second-order valence-corrected chi connectivity index (χ2v) is 10.1. The fourth-order valence-electron chi connectivity index (χ4n) is 2.22. The van der Waals surface area contributed by atoms with Crippen molar-refractivity contribution in [2.45, 2.75) is 42.3 Å². The second kappa shape index (κ2) is 8.30. The van der Waals surface area contributed by atoms with E-state index in [2.05, 4.69) is 10.3 Å². The van der Waals surface area contributed by atoms with Crippen LogP contribution in [0.25, 0.3) is 0 Å². The molecule has 2 rings (SSSR count). The summed E-state index contributed by atoms with van der Waals surface area (Å²) in [5.74, 6) is -0.392. The molecule has 0 spiro atoms. The zero-order valence-electron chi connectivity index (χ0n) is 13.5. The van der Waals surface area contributed by atoms with Crippen molar-refractivity contribution in [2.24, 2.45) is 0 Å². The average molecular weight is 393 g/mol. The van der Waals surface area contributed by atoms with E-state index in [4.69, 9.17) is 4.74 Å². The minimum Gasteiger partial charge on any atom is -0.466 e. The highest BCUT2D eigenvalue weighted by Crippen LogP contribution is 2.27. The summed E-state index contributed by atoms with van der Waals surface area (Å²) in [6.07, 6.45) is 0.581. The van der Waals surface area contributed by atoms with Gasteiger partial charge in [0, 0.05) is 11.4 Å². The molecule has 0 aromatic carbocycles. The maximum absolute atomic E-state index is 12.2. The van der Waals surface area contributed by atoms with E-state index in [0.29, 0.717) is 23.1 Å². The van der Waals surface area contributed by atoms with Crippen LogP contribution in [0.5, 0.6) is 0 Å². The standard InChI is InChI=1S/C14H20N2O5S3/c1-3-21-12(17)6-11-7-22-14(16-11)23-9(2)13(18)15-10-4-5-24(19,20)8-10/h7,9-10H,3-6,8H2,1-2H3,(H,15,18)/t9-,10+/m0/s1. The van der Waals surface area contributed by atoms with Gasteiger partial charge in [0.2, 0.25) is 5.91 Å². The van der Waals surface area contributed by atoms with E-state index in [1.807, 2.05) is 0 Å². The van der Waals surface area contributed by atoms with Crippen LogP contribution in [0.15, 0.2) is 9.72 Å². The molecule has 0 radical (unpaired) electrons. The molecular weight excluding hydrogens is 372 g/mol. The molecule has 0 bridgehead atoms. The van der Waals surface area contributed by atoms with Crippen LogP contribution in [0.4, 0.5) is 0 Å². The van der Waals surface area contributed by atoms with Crippen molar-refractivity contribution in [1.82, 2.24) is 10.3 Å². The molecule has 134 valence electrons. The summed E-state index contributed by atoms with van der Waals surface area (Å²) in [6.45, 7) is 3.82. The third kappa shape index (κ3) is 5.75. The molecule has 1 aliphatic rings. The lowest BCUT2D eigenvalue weighted by Gasteiger charge is -2.14. The maximum atomic E-state index is 12.2. The van der Waals surface area contributed by atoms with Gasteiger partial charge in [-0.1, -0.05) is 11.8 Å². The second-order valence-electron chi connectivity index (χ2n) is 5.46. The topological polar surface area (TPSA) is 102 Å². The fourth-order valence-corrected chi connectivity index (χ4v) is 5.88. The van der Waals surface area contributed by atoms with Crippen molar-refractivity contribution < 1.29 is 22.7 Å².